The Morgan fingerprint density at radius 1 is 1.29 bits per heavy atom. The number of rotatable bonds is 1. The fourth-order valence-electron chi connectivity index (χ4n) is 2.02. The smallest absolute Gasteiger partial charge is 0.347 e. The first-order chi connectivity index (χ1) is 8.20. The predicted octanol–water partition coefficient (Wildman–Crippen LogP) is 3.74. The zero-order valence-electron chi connectivity index (χ0n) is 9.12. The lowest BCUT2D eigenvalue weighted by molar-refractivity contribution is 0.558. The first-order valence-electron chi connectivity index (χ1n) is 5.21. The number of hydrogen-bond acceptors (Lipinski definition) is 3. The molecule has 0 N–H and O–H groups in total. The lowest BCUT2D eigenvalue weighted by Gasteiger charge is -2.00. The summed E-state index contributed by atoms with van der Waals surface area (Å²) < 4.78 is 11.0. The second-order valence-corrected chi connectivity index (χ2v) is 4.49. The van der Waals surface area contributed by atoms with Crippen LogP contribution < -0.4 is 5.63 Å². The molecule has 0 saturated carbocycles. The molecule has 0 aliphatic rings. The summed E-state index contributed by atoms with van der Waals surface area (Å²) in [6.45, 7) is 1.97. The molecule has 3 rings (SSSR count). The molecule has 4 heteroatoms. The van der Waals surface area contributed by atoms with E-state index in [1.54, 1.807) is 12.1 Å². The van der Waals surface area contributed by atoms with Gasteiger partial charge >= 0.3 is 5.63 Å². The zero-order chi connectivity index (χ0) is 12.0. The Bertz CT molecular complexity index is 767. The van der Waals surface area contributed by atoms with Crippen molar-refractivity contribution in [3.8, 4) is 0 Å². The minimum absolute atomic E-state index is 0.353. The summed E-state index contributed by atoms with van der Waals surface area (Å²) in [7, 11) is 0. The number of hydrogen-bond donors (Lipinski definition) is 0. The van der Waals surface area contributed by atoms with Gasteiger partial charge in [-0.05, 0) is 24.6 Å². The Morgan fingerprint density at radius 2 is 2.12 bits per heavy atom. The molecule has 0 saturated heterocycles. The molecule has 0 aliphatic heterocycles. The van der Waals surface area contributed by atoms with Crippen LogP contribution in [-0.2, 0) is 5.33 Å². The van der Waals surface area contributed by atoms with E-state index in [0.717, 1.165) is 16.7 Å². The molecule has 86 valence electrons. The lowest BCUT2D eigenvalue weighted by atomic mass is 10.1. The van der Waals surface area contributed by atoms with Crippen LogP contribution in [0.1, 0.15) is 11.3 Å². The van der Waals surface area contributed by atoms with Crippen LogP contribution in [0.4, 0.5) is 0 Å². The molecule has 3 aromatic rings. The number of aryl methyl sites for hydroxylation is 1. The highest BCUT2D eigenvalue weighted by atomic mass is 79.9. The molecule has 0 atom stereocenters. The van der Waals surface area contributed by atoms with Crippen LogP contribution >= 0.6 is 15.9 Å². The van der Waals surface area contributed by atoms with Gasteiger partial charge in [0.15, 0.2) is 5.58 Å². The second-order valence-electron chi connectivity index (χ2n) is 3.93. The van der Waals surface area contributed by atoms with Crippen LogP contribution in [0, 0.1) is 6.92 Å². The first kappa shape index (κ1) is 10.6. The normalized spacial score (nSPS) is 11.4. The van der Waals surface area contributed by atoms with Crippen molar-refractivity contribution < 1.29 is 8.83 Å². The average Bonchev–Trinajstić information content (AvgIpc) is 2.73. The Balaban J connectivity index is 2.61. The first-order valence-corrected chi connectivity index (χ1v) is 6.33. The number of alkyl halides is 1. The highest BCUT2D eigenvalue weighted by Crippen LogP contribution is 2.28. The van der Waals surface area contributed by atoms with E-state index in [9.17, 15) is 4.79 Å². The van der Waals surface area contributed by atoms with Crippen molar-refractivity contribution in [1.29, 1.82) is 0 Å². The molecular weight excluding hydrogens is 284 g/mol. The SMILES string of the molecule is Cc1cccc2oc(=O)c3cc(CBr)oc3c12. The molecule has 0 radical (unpaired) electrons. The largest absolute Gasteiger partial charge is 0.459 e. The maximum atomic E-state index is 11.8. The summed E-state index contributed by atoms with van der Waals surface area (Å²) in [6.07, 6.45) is 0. The van der Waals surface area contributed by atoms with Crippen LogP contribution in [-0.4, -0.2) is 0 Å². The van der Waals surface area contributed by atoms with E-state index in [1.165, 1.54) is 0 Å². The van der Waals surface area contributed by atoms with Crippen molar-refractivity contribution in [2.45, 2.75) is 12.3 Å². The van der Waals surface area contributed by atoms with E-state index in [1.807, 2.05) is 19.1 Å². The Morgan fingerprint density at radius 3 is 2.88 bits per heavy atom. The van der Waals surface area contributed by atoms with Crippen molar-refractivity contribution in [3.63, 3.8) is 0 Å². The molecule has 0 aliphatic carbocycles. The summed E-state index contributed by atoms with van der Waals surface area (Å²) in [6, 6.07) is 7.33. The minimum Gasteiger partial charge on any atom is -0.459 e. The molecule has 0 fully saturated rings. The fraction of sp³-hybridized carbons (Fsp3) is 0.154. The fourth-order valence-corrected chi connectivity index (χ4v) is 2.29. The van der Waals surface area contributed by atoms with Crippen molar-refractivity contribution >= 4 is 37.9 Å². The van der Waals surface area contributed by atoms with E-state index >= 15 is 0 Å². The highest BCUT2D eigenvalue weighted by Gasteiger charge is 2.14. The zero-order valence-corrected chi connectivity index (χ0v) is 10.7. The van der Waals surface area contributed by atoms with Gasteiger partial charge in [-0.2, -0.15) is 0 Å². The molecule has 3 nitrogen and oxygen atoms in total. The summed E-state index contributed by atoms with van der Waals surface area (Å²) >= 11 is 3.32. The van der Waals surface area contributed by atoms with Gasteiger partial charge in [0.05, 0.1) is 10.7 Å². The summed E-state index contributed by atoms with van der Waals surface area (Å²) in [5.41, 5.74) is 1.86. The molecule has 0 bridgehead atoms. The summed E-state index contributed by atoms with van der Waals surface area (Å²) in [5.74, 6) is 0.725. The average molecular weight is 293 g/mol. The van der Waals surface area contributed by atoms with E-state index < -0.39 is 0 Å². The molecule has 1 aromatic carbocycles. The van der Waals surface area contributed by atoms with Crippen LogP contribution in [0.5, 0.6) is 0 Å². The predicted molar refractivity (Wildman–Crippen MR) is 69.6 cm³/mol. The molecule has 17 heavy (non-hydrogen) atoms. The van der Waals surface area contributed by atoms with Gasteiger partial charge in [-0.25, -0.2) is 4.79 Å². The molecule has 0 amide bonds. The lowest BCUT2D eigenvalue weighted by Crippen LogP contribution is -1.98. The number of fused-ring (bicyclic) bond motifs is 3. The number of benzene rings is 1. The highest BCUT2D eigenvalue weighted by molar-refractivity contribution is 9.08. The molecular formula is C13H9BrO3. The van der Waals surface area contributed by atoms with Crippen molar-refractivity contribution in [2.24, 2.45) is 0 Å². The quantitative estimate of drug-likeness (QED) is 0.507. The monoisotopic (exact) mass is 292 g/mol. The molecule has 2 aromatic heterocycles. The Labute approximate surface area is 105 Å². The van der Waals surface area contributed by atoms with Gasteiger partial charge in [0, 0.05) is 0 Å². The van der Waals surface area contributed by atoms with Crippen molar-refractivity contribution in [2.75, 3.05) is 0 Å². The van der Waals surface area contributed by atoms with Crippen molar-refractivity contribution in [3.05, 3.63) is 46.0 Å². The second kappa shape index (κ2) is 3.74. The third-order valence-electron chi connectivity index (χ3n) is 2.80. The van der Waals surface area contributed by atoms with E-state index in [2.05, 4.69) is 15.9 Å². The number of halogens is 1. The van der Waals surface area contributed by atoms with E-state index in [4.69, 9.17) is 8.83 Å². The van der Waals surface area contributed by atoms with Gasteiger partial charge < -0.3 is 8.83 Å². The third-order valence-corrected chi connectivity index (χ3v) is 3.35. The van der Waals surface area contributed by atoms with Gasteiger partial charge in [0.25, 0.3) is 0 Å². The van der Waals surface area contributed by atoms with Gasteiger partial charge in [0.2, 0.25) is 0 Å². The summed E-state index contributed by atoms with van der Waals surface area (Å²) in [5, 5.41) is 1.95. The van der Waals surface area contributed by atoms with E-state index in [-0.39, 0.29) is 5.63 Å². The van der Waals surface area contributed by atoms with Gasteiger partial charge in [-0.3, -0.25) is 0 Å². The standard InChI is InChI=1S/C13H9BrO3/c1-7-3-2-4-10-11(7)12-9(13(15)17-10)5-8(6-14)16-12/h2-5H,6H2,1H3. The number of furan rings is 1. The van der Waals surface area contributed by atoms with Crippen LogP contribution in [0.15, 0.2) is 37.9 Å². The van der Waals surface area contributed by atoms with Crippen molar-refractivity contribution in [1.82, 2.24) is 0 Å². The Hall–Kier alpha value is -1.55. The van der Waals surface area contributed by atoms with Crippen LogP contribution in [0.25, 0.3) is 21.9 Å². The Kier molecular flexibility index (Phi) is 2.33. The molecule has 0 unspecified atom stereocenters. The maximum absolute atomic E-state index is 11.8. The van der Waals surface area contributed by atoms with Gasteiger partial charge in [0.1, 0.15) is 16.7 Å². The van der Waals surface area contributed by atoms with Gasteiger partial charge in [-0.1, -0.05) is 28.1 Å². The minimum atomic E-state index is -0.353. The van der Waals surface area contributed by atoms with Crippen LogP contribution in [0.2, 0.25) is 0 Å². The molecule has 2 heterocycles. The maximum Gasteiger partial charge on any atom is 0.347 e. The van der Waals surface area contributed by atoms with E-state index in [0.29, 0.717) is 21.9 Å². The summed E-state index contributed by atoms with van der Waals surface area (Å²) in [4.78, 5) is 11.8. The topological polar surface area (TPSA) is 43.4 Å². The van der Waals surface area contributed by atoms with Crippen LogP contribution in [0.3, 0.4) is 0 Å². The van der Waals surface area contributed by atoms with Gasteiger partial charge in [-0.15, -0.1) is 0 Å². The molecule has 0 spiro atoms. The third kappa shape index (κ3) is 1.52.